The first-order chi connectivity index (χ1) is 9.19. The monoisotopic (exact) mass is 270 g/mol. The van der Waals surface area contributed by atoms with E-state index in [0.717, 1.165) is 28.2 Å². The molecule has 96 valence electrons. The molecule has 2 aromatic heterocycles. The lowest BCUT2D eigenvalue weighted by molar-refractivity contribution is 1.10. The van der Waals surface area contributed by atoms with Crippen molar-refractivity contribution in [1.82, 2.24) is 9.38 Å². The van der Waals surface area contributed by atoms with Crippen molar-refractivity contribution in [2.24, 2.45) is 0 Å². The molecule has 0 spiro atoms. The van der Waals surface area contributed by atoms with E-state index in [1.54, 1.807) is 0 Å². The quantitative estimate of drug-likeness (QED) is 0.633. The molecule has 19 heavy (non-hydrogen) atoms. The van der Waals surface area contributed by atoms with Crippen LogP contribution in [0.15, 0.2) is 42.6 Å². The van der Waals surface area contributed by atoms with Crippen LogP contribution in [0.5, 0.6) is 0 Å². The maximum Gasteiger partial charge on any atom is 0.137 e. The van der Waals surface area contributed by atoms with E-state index in [1.807, 2.05) is 18.3 Å². The number of rotatable bonds is 2. The summed E-state index contributed by atoms with van der Waals surface area (Å²) < 4.78 is 2.10. The van der Waals surface area contributed by atoms with E-state index in [0.29, 0.717) is 5.88 Å². The molecule has 0 amide bonds. The number of fused-ring (bicyclic) bond motifs is 1. The van der Waals surface area contributed by atoms with Gasteiger partial charge in [0.2, 0.25) is 0 Å². The maximum absolute atomic E-state index is 5.87. The molecule has 0 atom stereocenters. The molecule has 2 heterocycles. The Morgan fingerprint density at radius 3 is 2.53 bits per heavy atom. The molecule has 0 unspecified atom stereocenters. The van der Waals surface area contributed by atoms with Crippen molar-refractivity contribution in [3.05, 3.63) is 59.4 Å². The fourth-order valence-electron chi connectivity index (χ4n) is 2.28. The normalized spacial score (nSPS) is 11.1. The molecule has 3 rings (SSSR count). The van der Waals surface area contributed by atoms with Crippen LogP contribution >= 0.6 is 11.6 Å². The predicted molar refractivity (Wildman–Crippen MR) is 79.7 cm³/mol. The number of aryl methyl sites for hydroxylation is 2. The van der Waals surface area contributed by atoms with Crippen molar-refractivity contribution in [3.63, 3.8) is 0 Å². The summed E-state index contributed by atoms with van der Waals surface area (Å²) in [5.74, 6) is 0.516. The molecular weight excluding hydrogens is 256 g/mol. The minimum Gasteiger partial charge on any atom is -0.304 e. The zero-order chi connectivity index (χ0) is 13.4. The van der Waals surface area contributed by atoms with E-state index in [2.05, 4.69) is 42.5 Å². The Kier molecular flexibility index (Phi) is 3.03. The van der Waals surface area contributed by atoms with Gasteiger partial charge in [0.25, 0.3) is 0 Å². The molecule has 0 aliphatic heterocycles. The van der Waals surface area contributed by atoms with E-state index in [-0.39, 0.29) is 0 Å². The van der Waals surface area contributed by atoms with Crippen LogP contribution in [-0.2, 0) is 5.88 Å². The second-order valence-electron chi connectivity index (χ2n) is 4.81. The first kappa shape index (κ1) is 12.2. The van der Waals surface area contributed by atoms with Gasteiger partial charge in [-0.25, -0.2) is 4.98 Å². The molecule has 0 saturated heterocycles. The number of benzene rings is 1. The van der Waals surface area contributed by atoms with Crippen LogP contribution in [0.4, 0.5) is 0 Å². The molecule has 0 fully saturated rings. The second-order valence-corrected chi connectivity index (χ2v) is 5.08. The van der Waals surface area contributed by atoms with Crippen LogP contribution in [-0.4, -0.2) is 9.38 Å². The lowest BCUT2D eigenvalue weighted by atomic mass is 10.1. The lowest BCUT2D eigenvalue weighted by Gasteiger charge is -2.00. The topological polar surface area (TPSA) is 17.3 Å². The first-order valence-electron chi connectivity index (χ1n) is 6.29. The van der Waals surface area contributed by atoms with Crippen molar-refractivity contribution in [3.8, 4) is 11.3 Å². The van der Waals surface area contributed by atoms with Gasteiger partial charge in [-0.15, -0.1) is 11.6 Å². The van der Waals surface area contributed by atoms with Crippen molar-refractivity contribution in [2.45, 2.75) is 19.7 Å². The van der Waals surface area contributed by atoms with Crippen molar-refractivity contribution >= 4 is 17.2 Å². The Labute approximate surface area is 117 Å². The smallest absolute Gasteiger partial charge is 0.137 e. The number of alkyl halides is 1. The van der Waals surface area contributed by atoms with Crippen molar-refractivity contribution in [1.29, 1.82) is 0 Å². The van der Waals surface area contributed by atoms with E-state index in [9.17, 15) is 0 Å². The Hall–Kier alpha value is -1.80. The van der Waals surface area contributed by atoms with Crippen LogP contribution in [0.3, 0.4) is 0 Å². The highest BCUT2D eigenvalue weighted by atomic mass is 35.5. The Bertz CT molecular complexity index is 726. The third kappa shape index (κ3) is 2.13. The number of nitrogens with zero attached hydrogens (tertiary/aromatic N) is 2. The number of aromatic nitrogens is 2. The van der Waals surface area contributed by atoms with Crippen molar-refractivity contribution < 1.29 is 0 Å². The summed E-state index contributed by atoms with van der Waals surface area (Å²) in [6.45, 7) is 4.18. The summed E-state index contributed by atoms with van der Waals surface area (Å²) in [7, 11) is 0. The fraction of sp³-hybridized carbons (Fsp3) is 0.188. The van der Waals surface area contributed by atoms with Gasteiger partial charge < -0.3 is 4.40 Å². The molecule has 3 heteroatoms. The van der Waals surface area contributed by atoms with Gasteiger partial charge in [-0.3, -0.25) is 0 Å². The van der Waals surface area contributed by atoms with Crippen LogP contribution in [0.1, 0.15) is 16.8 Å². The molecule has 0 radical (unpaired) electrons. The average Bonchev–Trinajstić information content (AvgIpc) is 2.76. The van der Waals surface area contributed by atoms with E-state index < -0.39 is 0 Å². The summed E-state index contributed by atoms with van der Waals surface area (Å²) in [5, 5.41) is 0. The number of hydrogen-bond donors (Lipinski definition) is 0. The number of halogens is 1. The fourth-order valence-corrected chi connectivity index (χ4v) is 2.44. The molecular formula is C16H15ClN2. The zero-order valence-corrected chi connectivity index (χ0v) is 11.8. The molecule has 0 aliphatic rings. The summed E-state index contributed by atoms with van der Waals surface area (Å²) >= 11 is 5.87. The largest absolute Gasteiger partial charge is 0.304 e. The van der Waals surface area contributed by atoms with Crippen LogP contribution in [0.2, 0.25) is 0 Å². The van der Waals surface area contributed by atoms with Crippen molar-refractivity contribution in [2.75, 3.05) is 0 Å². The highest BCUT2D eigenvalue weighted by Crippen LogP contribution is 2.24. The van der Waals surface area contributed by atoms with Gasteiger partial charge in [0, 0.05) is 23.3 Å². The molecule has 2 nitrogen and oxygen atoms in total. The Balaban J connectivity index is 2.19. The third-order valence-corrected chi connectivity index (χ3v) is 3.72. The SMILES string of the molecule is Cc1ccc(-c2nc3cc(CCl)ccn3c2C)cc1. The summed E-state index contributed by atoms with van der Waals surface area (Å²) in [4.78, 5) is 4.73. The zero-order valence-electron chi connectivity index (χ0n) is 11.0. The predicted octanol–water partition coefficient (Wildman–Crippen LogP) is 4.36. The van der Waals surface area contributed by atoms with Crippen LogP contribution in [0.25, 0.3) is 16.9 Å². The standard InChI is InChI=1S/C16H15ClN2/c1-11-3-5-14(6-4-11)16-12(2)19-8-7-13(10-17)9-15(19)18-16/h3-9H,10H2,1-2H3. The second kappa shape index (κ2) is 4.71. The molecule has 0 aliphatic carbocycles. The first-order valence-corrected chi connectivity index (χ1v) is 6.83. The van der Waals surface area contributed by atoms with Gasteiger partial charge in [-0.2, -0.15) is 0 Å². The summed E-state index contributed by atoms with van der Waals surface area (Å²) in [6, 6.07) is 12.5. The molecule has 0 N–H and O–H groups in total. The van der Waals surface area contributed by atoms with Crippen LogP contribution < -0.4 is 0 Å². The van der Waals surface area contributed by atoms with Gasteiger partial charge in [0.15, 0.2) is 0 Å². The minimum absolute atomic E-state index is 0.516. The lowest BCUT2D eigenvalue weighted by Crippen LogP contribution is -1.88. The van der Waals surface area contributed by atoms with E-state index in [1.165, 1.54) is 5.56 Å². The average molecular weight is 271 g/mol. The minimum atomic E-state index is 0.516. The molecule has 0 saturated carbocycles. The van der Waals surface area contributed by atoms with Gasteiger partial charge in [-0.1, -0.05) is 29.8 Å². The van der Waals surface area contributed by atoms with Gasteiger partial charge in [0.05, 0.1) is 5.69 Å². The highest BCUT2D eigenvalue weighted by Gasteiger charge is 2.10. The molecule has 0 bridgehead atoms. The van der Waals surface area contributed by atoms with E-state index in [4.69, 9.17) is 16.6 Å². The summed E-state index contributed by atoms with van der Waals surface area (Å²) in [6.07, 6.45) is 2.03. The highest BCUT2D eigenvalue weighted by molar-refractivity contribution is 6.17. The maximum atomic E-state index is 5.87. The van der Waals surface area contributed by atoms with Gasteiger partial charge in [-0.05, 0) is 31.5 Å². The number of imidazole rings is 1. The van der Waals surface area contributed by atoms with Gasteiger partial charge >= 0.3 is 0 Å². The van der Waals surface area contributed by atoms with Gasteiger partial charge in [0.1, 0.15) is 5.65 Å². The molecule has 3 aromatic rings. The Morgan fingerprint density at radius 2 is 1.84 bits per heavy atom. The number of hydrogen-bond acceptors (Lipinski definition) is 1. The number of pyridine rings is 1. The van der Waals surface area contributed by atoms with E-state index >= 15 is 0 Å². The summed E-state index contributed by atoms with van der Waals surface area (Å²) in [5.41, 5.74) is 6.64. The van der Waals surface area contributed by atoms with Crippen LogP contribution in [0, 0.1) is 13.8 Å². The third-order valence-electron chi connectivity index (χ3n) is 3.41. The Morgan fingerprint density at radius 1 is 1.11 bits per heavy atom. The molecule has 1 aromatic carbocycles.